The Kier molecular flexibility index (Phi) is 6.75. The minimum Gasteiger partial charge on any atom is -0.396 e. The third-order valence-electron chi connectivity index (χ3n) is 4.16. The summed E-state index contributed by atoms with van der Waals surface area (Å²) < 4.78 is 26.5. The minimum absolute atomic E-state index is 0.0493. The maximum atomic E-state index is 13.5. The molecule has 21 heavy (non-hydrogen) atoms. The van der Waals surface area contributed by atoms with Crippen molar-refractivity contribution in [2.45, 2.75) is 39.5 Å². The molecule has 0 bridgehead atoms. The van der Waals surface area contributed by atoms with E-state index in [0.29, 0.717) is 13.0 Å². The van der Waals surface area contributed by atoms with Gasteiger partial charge >= 0.3 is 0 Å². The van der Waals surface area contributed by atoms with E-state index in [1.807, 2.05) is 13.8 Å². The molecule has 0 fully saturated rings. The highest BCUT2D eigenvalue weighted by Crippen LogP contribution is 2.29. The van der Waals surface area contributed by atoms with E-state index < -0.39 is 11.6 Å². The summed E-state index contributed by atoms with van der Waals surface area (Å²) in [4.78, 5) is 11.9. The van der Waals surface area contributed by atoms with Crippen LogP contribution in [0.5, 0.6) is 0 Å². The zero-order valence-corrected chi connectivity index (χ0v) is 12.6. The van der Waals surface area contributed by atoms with E-state index in [4.69, 9.17) is 5.11 Å². The monoisotopic (exact) mass is 299 g/mol. The number of amides is 1. The fourth-order valence-corrected chi connectivity index (χ4v) is 2.38. The van der Waals surface area contributed by atoms with Gasteiger partial charge in [-0.1, -0.05) is 13.8 Å². The van der Waals surface area contributed by atoms with Gasteiger partial charge in [0.1, 0.15) is 11.6 Å². The van der Waals surface area contributed by atoms with E-state index in [2.05, 4.69) is 5.32 Å². The van der Waals surface area contributed by atoms with Crippen LogP contribution in [0.2, 0.25) is 0 Å². The molecule has 5 heteroatoms. The van der Waals surface area contributed by atoms with Gasteiger partial charge in [0.15, 0.2) is 0 Å². The Labute approximate surface area is 124 Å². The van der Waals surface area contributed by atoms with Gasteiger partial charge in [-0.25, -0.2) is 8.78 Å². The van der Waals surface area contributed by atoms with Crippen molar-refractivity contribution in [2.24, 2.45) is 5.41 Å². The summed E-state index contributed by atoms with van der Waals surface area (Å²) in [5, 5.41) is 11.9. The lowest BCUT2D eigenvalue weighted by Gasteiger charge is -2.31. The van der Waals surface area contributed by atoms with Crippen LogP contribution in [0.1, 0.15) is 38.7 Å². The van der Waals surface area contributed by atoms with Crippen molar-refractivity contribution < 1.29 is 18.7 Å². The van der Waals surface area contributed by atoms with Crippen LogP contribution >= 0.6 is 0 Å². The molecule has 2 N–H and O–H groups in total. The molecule has 1 aromatic rings. The molecule has 0 heterocycles. The normalized spacial score (nSPS) is 11.5. The molecule has 0 aliphatic heterocycles. The molecule has 1 rings (SSSR count). The lowest BCUT2D eigenvalue weighted by atomic mass is 9.79. The summed E-state index contributed by atoms with van der Waals surface area (Å²) in [5.41, 5.74) is -0.0986. The maximum absolute atomic E-state index is 13.5. The summed E-state index contributed by atoms with van der Waals surface area (Å²) in [7, 11) is 0. The van der Waals surface area contributed by atoms with Gasteiger partial charge in [0.25, 0.3) is 0 Å². The van der Waals surface area contributed by atoms with E-state index >= 15 is 0 Å². The summed E-state index contributed by atoms with van der Waals surface area (Å²) in [6, 6.07) is 3.08. The second-order valence-electron chi connectivity index (χ2n) is 5.37. The molecule has 3 nitrogen and oxygen atoms in total. The average molecular weight is 299 g/mol. The van der Waals surface area contributed by atoms with Gasteiger partial charge < -0.3 is 10.4 Å². The summed E-state index contributed by atoms with van der Waals surface area (Å²) >= 11 is 0. The molecular formula is C16H23F2NO2. The number of carbonyl (C=O) groups excluding carboxylic acids is 1. The Morgan fingerprint density at radius 1 is 1.29 bits per heavy atom. The number of aliphatic hydroxyl groups is 1. The van der Waals surface area contributed by atoms with Crippen molar-refractivity contribution in [1.82, 2.24) is 5.32 Å². The molecule has 1 amide bonds. The van der Waals surface area contributed by atoms with Crippen LogP contribution in [0, 0.1) is 17.0 Å². The first-order valence-electron chi connectivity index (χ1n) is 7.28. The predicted molar refractivity (Wildman–Crippen MR) is 77.8 cm³/mol. The Hall–Kier alpha value is -1.49. The van der Waals surface area contributed by atoms with Crippen molar-refractivity contribution in [3.8, 4) is 0 Å². The maximum Gasteiger partial charge on any atom is 0.224 e. The van der Waals surface area contributed by atoms with Gasteiger partial charge in [0, 0.05) is 18.7 Å². The van der Waals surface area contributed by atoms with Crippen molar-refractivity contribution in [3.63, 3.8) is 0 Å². The van der Waals surface area contributed by atoms with Crippen molar-refractivity contribution in [3.05, 3.63) is 35.4 Å². The third-order valence-corrected chi connectivity index (χ3v) is 4.16. The van der Waals surface area contributed by atoms with Gasteiger partial charge in [0.2, 0.25) is 5.91 Å². The fourth-order valence-electron chi connectivity index (χ4n) is 2.38. The number of carbonyl (C=O) groups is 1. The van der Waals surface area contributed by atoms with Crippen molar-refractivity contribution in [2.75, 3.05) is 13.2 Å². The summed E-state index contributed by atoms with van der Waals surface area (Å²) in [6.07, 6.45) is 2.08. The number of aliphatic hydroxyl groups excluding tert-OH is 1. The Morgan fingerprint density at radius 3 is 2.52 bits per heavy atom. The molecule has 0 aromatic heterocycles. The SMILES string of the molecule is CCC(CC)(CCO)CNC(=O)Cc1cc(F)ccc1F. The molecule has 1 aromatic carbocycles. The number of nitrogens with one attached hydrogen (secondary N) is 1. The van der Waals surface area contributed by atoms with Gasteiger partial charge in [-0.3, -0.25) is 4.79 Å². The lowest BCUT2D eigenvalue weighted by Crippen LogP contribution is -2.38. The Bertz CT molecular complexity index is 473. The second kappa shape index (κ2) is 8.08. The van der Waals surface area contributed by atoms with Crippen LogP contribution in [-0.2, 0) is 11.2 Å². The topological polar surface area (TPSA) is 49.3 Å². The van der Waals surface area contributed by atoms with Gasteiger partial charge in [-0.05, 0) is 42.9 Å². The molecule has 0 saturated carbocycles. The van der Waals surface area contributed by atoms with Crippen LogP contribution in [0.3, 0.4) is 0 Å². The molecule has 0 saturated heterocycles. The van der Waals surface area contributed by atoms with Crippen LogP contribution in [0.25, 0.3) is 0 Å². The van der Waals surface area contributed by atoms with Gasteiger partial charge in [-0.15, -0.1) is 0 Å². The predicted octanol–water partition coefficient (Wildman–Crippen LogP) is 2.81. The largest absolute Gasteiger partial charge is 0.396 e. The number of hydrogen-bond donors (Lipinski definition) is 2. The highest BCUT2D eigenvalue weighted by Gasteiger charge is 2.26. The van der Waals surface area contributed by atoms with E-state index in [-0.39, 0.29) is 29.9 Å². The highest BCUT2D eigenvalue weighted by molar-refractivity contribution is 5.78. The third kappa shape index (κ3) is 5.08. The van der Waals surface area contributed by atoms with Crippen LogP contribution in [0.15, 0.2) is 18.2 Å². The Balaban J connectivity index is 2.63. The lowest BCUT2D eigenvalue weighted by molar-refractivity contribution is -0.121. The zero-order chi connectivity index (χ0) is 15.9. The van der Waals surface area contributed by atoms with E-state index in [9.17, 15) is 13.6 Å². The van der Waals surface area contributed by atoms with E-state index in [1.54, 1.807) is 0 Å². The molecule has 0 aliphatic carbocycles. The average Bonchev–Trinajstić information content (AvgIpc) is 2.47. The molecule has 0 unspecified atom stereocenters. The van der Waals surface area contributed by atoms with Crippen LogP contribution < -0.4 is 5.32 Å². The first-order valence-corrected chi connectivity index (χ1v) is 7.28. The molecular weight excluding hydrogens is 276 g/mol. The summed E-state index contributed by atoms with van der Waals surface area (Å²) in [5.74, 6) is -1.49. The molecule has 0 aliphatic rings. The molecule has 0 spiro atoms. The van der Waals surface area contributed by atoms with Crippen molar-refractivity contribution >= 4 is 5.91 Å². The molecule has 118 valence electrons. The number of hydrogen-bond acceptors (Lipinski definition) is 2. The van der Waals surface area contributed by atoms with E-state index in [0.717, 1.165) is 31.0 Å². The number of rotatable bonds is 8. The minimum atomic E-state index is -0.584. The quantitative estimate of drug-likeness (QED) is 0.775. The van der Waals surface area contributed by atoms with E-state index in [1.165, 1.54) is 0 Å². The molecule has 0 atom stereocenters. The Morgan fingerprint density at radius 2 is 1.95 bits per heavy atom. The van der Waals surface area contributed by atoms with Crippen molar-refractivity contribution in [1.29, 1.82) is 0 Å². The molecule has 0 radical (unpaired) electrons. The van der Waals surface area contributed by atoms with Crippen LogP contribution in [0.4, 0.5) is 8.78 Å². The standard InChI is InChI=1S/C16H23F2NO2/c1-3-16(4-2,7-8-20)11-19-15(21)10-12-9-13(17)5-6-14(12)18/h5-6,9,20H,3-4,7-8,10-11H2,1-2H3,(H,19,21). The van der Waals surface area contributed by atoms with Crippen LogP contribution in [-0.4, -0.2) is 24.2 Å². The first-order chi connectivity index (χ1) is 9.96. The summed E-state index contributed by atoms with van der Waals surface area (Å²) in [6.45, 7) is 4.52. The number of halogens is 2. The van der Waals surface area contributed by atoms with Gasteiger partial charge in [0.05, 0.1) is 6.42 Å². The number of benzene rings is 1. The highest BCUT2D eigenvalue weighted by atomic mass is 19.1. The van der Waals surface area contributed by atoms with Gasteiger partial charge in [-0.2, -0.15) is 0 Å². The fraction of sp³-hybridized carbons (Fsp3) is 0.562. The first kappa shape index (κ1) is 17.6. The smallest absolute Gasteiger partial charge is 0.224 e. The zero-order valence-electron chi connectivity index (χ0n) is 12.6. The second-order valence-corrected chi connectivity index (χ2v) is 5.37.